The number of hydrogen-bond acceptors (Lipinski definition) is 21. The molecule has 0 radical (unpaired) electrons. The number of para-hydroxylation sites is 4. The Labute approximate surface area is 825 Å². The Morgan fingerprint density at radius 1 is 0.433 bits per heavy atom. The number of esters is 3. The number of benzene rings is 12. The van der Waals surface area contributed by atoms with Crippen molar-refractivity contribution in [3.05, 3.63) is 367 Å². The molecule has 1 aliphatic heterocycles. The van der Waals surface area contributed by atoms with Gasteiger partial charge in [-0.2, -0.15) is 5.26 Å². The van der Waals surface area contributed by atoms with Crippen LogP contribution in [-0.2, 0) is 108 Å². The van der Waals surface area contributed by atoms with Crippen molar-refractivity contribution in [3.8, 4) is 62.4 Å². The van der Waals surface area contributed by atoms with E-state index in [0.29, 0.717) is 115 Å². The number of rotatable bonds is 28. The van der Waals surface area contributed by atoms with E-state index < -0.39 is 76.5 Å². The predicted octanol–water partition coefficient (Wildman–Crippen LogP) is 20.6. The molecule has 5 heterocycles. The van der Waals surface area contributed by atoms with Crippen LogP contribution >= 0.6 is 15.9 Å². The first-order valence-electron chi connectivity index (χ1n) is 43.4. The maximum atomic E-state index is 15.0. The van der Waals surface area contributed by atoms with Crippen LogP contribution in [0.1, 0.15) is 103 Å². The average Bonchev–Trinajstić information content (AvgIpc) is 1.60. The summed E-state index contributed by atoms with van der Waals surface area (Å²) < 4.78 is 186. The van der Waals surface area contributed by atoms with Gasteiger partial charge in [-0.15, -0.1) is 0 Å². The summed E-state index contributed by atoms with van der Waals surface area (Å²) >= 11 is 2.77. The maximum Gasteiger partial charge on any atom is 1.00 e. The molecule has 23 nitrogen and oxygen atoms in total. The van der Waals surface area contributed by atoms with Gasteiger partial charge in [0.1, 0.15) is 119 Å². The molecule has 141 heavy (non-hydrogen) atoms. The number of carbonyl (C=O) groups is 4. The molecule has 4 aromatic heterocycles. The van der Waals surface area contributed by atoms with Gasteiger partial charge in [0.15, 0.2) is 5.82 Å². The zero-order valence-electron chi connectivity index (χ0n) is 77.4. The van der Waals surface area contributed by atoms with Gasteiger partial charge in [0.25, 0.3) is 0 Å². The normalized spacial score (nSPS) is 12.0. The molecule has 0 bridgehead atoms. The van der Waals surface area contributed by atoms with Crippen LogP contribution < -0.4 is 54.7 Å². The zero-order valence-corrected chi connectivity index (χ0v) is 79.0. The van der Waals surface area contributed by atoms with Gasteiger partial charge in [-0.05, 0) is 219 Å². The van der Waals surface area contributed by atoms with Crippen LogP contribution in [0.25, 0.3) is 82.1 Å². The summed E-state index contributed by atoms with van der Waals surface area (Å²) in [5.74, 6) is -5.07. The van der Waals surface area contributed by atoms with Crippen LogP contribution in [-0.4, -0.2) is 73.1 Å². The van der Waals surface area contributed by atoms with Crippen LogP contribution in [0.15, 0.2) is 266 Å². The van der Waals surface area contributed by atoms with E-state index in [4.69, 9.17) is 88.5 Å². The van der Waals surface area contributed by atoms with E-state index in [9.17, 15) is 54.3 Å². The quantitative estimate of drug-likeness (QED) is 0.0102. The Bertz CT molecular complexity index is 7280. The number of carbonyl (C=O) groups excluding carboxylic acids is 3. The molecule has 12 aromatic carbocycles. The molecule has 1 aliphatic rings. The number of hydrogen-bond donors (Lipinski definition) is 3. The smallest absolute Gasteiger partial charge is 0.870 e. The Morgan fingerprint density at radius 3 is 1.12 bits per heavy atom. The standard InChI is InChI=1S/C26H19F2NO4.C25H29BO6.C25H21F2NO4.C24H19F2NO4.C7H2BrF2N.Li.H2O/c1-3-31-24(30)12-17-6-4-5-7-23(17)33-15-16-10-18-8-9-32-26(18)21(11-16)20-13-19(27)14-22(29-2)25(20)28;1-6-28-22(27)15-18-9-7-8-10-21(18)30-16-17-13-19-11-12-29-23(19)20(14-17)26-31-24(2,3)25(4,5)32-26;1-30-23(29)11-16-4-2-3-5-22(16)32-14-15-8-17-6-7-31-25(17)21(9-15)20-12-19(26)10-18(13-28)24(20)27;25-18-9-17(12-27)23(26)19(11-18)20-8-14(7-16-5-6-30-24(16)20)13-31-21-4-2-1-3-15(21)10-22(28)29;8-6-2-5(9)1-4(3-11)7(6)10;;/h4-11,13-14H,3,12,15H2,1H3;7-14H,6,15-16H2,1-5H3;2-10,12H,11,13-14,28H2,1H3;1-9,11H,10,12-13,27H2,(H,28,29);1-2H;;1H2/q;;;;;+1;/p-1. The van der Waals surface area contributed by atoms with Crippen molar-refractivity contribution in [2.75, 3.05) is 20.3 Å². The Balaban J connectivity index is 0.000000172. The summed E-state index contributed by atoms with van der Waals surface area (Å²) in [4.78, 5) is 49.7. The summed E-state index contributed by atoms with van der Waals surface area (Å²) in [6.45, 7) is 19.8. The summed E-state index contributed by atoms with van der Waals surface area (Å²) in [5.41, 5.74) is 19.4. The van der Waals surface area contributed by atoms with E-state index >= 15 is 0 Å². The van der Waals surface area contributed by atoms with E-state index in [1.807, 2.05) is 94.4 Å². The second-order valence-electron chi connectivity index (χ2n) is 32.5. The number of nitriles is 1. The summed E-state index contributed by atoms with van der Waals surface area (Å²) in [7, 11) is 0.791. The van der Waals surface area contributed by atoms with Crippen LogP contribution in [0.4, 0.5) is 40.8 Å². The number of nitrogens with zero attached hydrogens (tertiary/aromatic N) is 2. The van der Waals surface area contributed by atoms with E-state index in [1.54, 1.807) is 123 Å². The number of nitrogens with two attached hydrogens (primary N) is 2. The molecule has 34 heteroatoms. The molecule has 17 rings (SSSR count). The molecule has 0 aliphatic carbocycles. The van der Waals surface area contributed by atoms with Gasteiger partial charge < -0.3 is 82.2 Å². The van der Waals surface area contributed by atoms with E-state index in [-0.39, 0.29) is 139 Å². The van der Waals surface area contributed by atoms with Gasteiger partial charge in [0, 0.05) is 107 Å². The molecule has 1 saturated heterocycles. The number of carboxylic acids is 1. The minimum Gasteiger partial charge on any atom is -0.870 e. The number of fused-ring (bicyclic) bond motifs is 4. The van der Waals surface area contributed by atoms with Crippen LogP contribution in [0.2, 0.25) is 0 Å². The van der Waals surface area contributed by atoms with Gasteiger partial charge >= 0.3 is 49.9 Å². The topological polar surface area (TPSA) is 334 Å². The van der Waals surface area contributed by atoms with Gasteiger partial charge in [-0.1, -0.05) is 78.9 Å². The number of furan rings is 4. The van der Waals surface area contributed by atoms with Crippen molar-refractivity contribution in [2.45, 2.75) is 118 Å². The molecule has 16 aromatic rings. The Morgan fingerprint density at radius 2 is 0.766 bits per heavy atom. The molecule has 6 N–H and O–H groups in total. The van der Waals surface area contributed by atoms with E-state index in [0.717, 1.165) is 87.0 Å². The third-order valence-corrected chi connectivity index (χ3v) is 23.0. The minimum absolute atomic E-state index is 0. The predicted molar refractivity (Wildman–Crippen MR) is 510 cm³/mol. The molecule has 0 spiro atoms. The van der Waals surface area contributed by atoms with Crippen molar-refractivity contribution in [2.24, 2.45) is 11.5 Å². The number of methoxy groups -OCH3 is 1. The van der Waals surface area contributed by atoms with Gasteiger partial charge in [-0.3, -0.25) is 19.2 Å². The van der Waals surface area contributed by atoms with Gasteiger partial charge in [0.2, 0.25) is 5.69 Å². The first-order valence-corrected chi connectivity index (χ1v) is 44.2. The number of carboxylic acid groups (broad SMARTS) is 1. The fourth-order valence-electron chi connectivity index (χ4n) is 15.1. The second kappa shape index (κ2) is 48.7. The first kappa shape index (κ1) is 107. The average molecular weight is 1990 g/mol. The SMILES string of the molecule is CCOC(=O)Cc1ccccc1OCc1cc(B2OC(C)(C)C(C)(C)O2)c2occc2c1.COC(=O)Cc1ccccc1OCc1cc(-c2cc(F)cc(CN)c2F)c2occc2c1.N#Cc1cc(F)cc(Br)c1F.NCc1cc(F)cc(-c2cc(COc3ccccc3CC(=O)O)cc3ccoc23)c1F.[C-]#[N+]c1cc(F)cc(-c2cc(COc3ccccc3CC(=O)OCC)cc3ccoc23)c1F.[Li+].[OH-]. The number of ether oxygens (including phenoxy) is 7. The minimum atomic E-state index is -0.963. The molecule has 720 valence electrons. The van der Waals surface area contributed by atoms with Crippen LogP contribution in [0.3, 0.4) is 0 Å². The van der Waals surface area contributed by atoms with E-state index in [1.165, 1.54) is 32.0 Å². The van der Waals surface area contributed by atoms with Crippen molar-refractivity contribution in [3.63, 3.8) is 0 Å². The van der Waals surface area contributed by atoms with Gasteiger partial charge in [-0.25, -0.2) is 40.0 Å². The molecular formula is C107H91BBrF8LiN4O19. The molecule has 1 fully saturated rings. The Hall–Kier alpha value is -14.8. The number of aliphatic carboxylic acids is 1. The first-order chi connectivity index (χ1) is 66.8. The summed E-state index contributed by atoms with van der Waals surface area (Å²) in [5, 5.41) is 20.4. The Kier molecular flexibility index (Phi) is 36.8. The van der Waals surface area contributed by atoms with Crippen molar-refractivity contribution in [1.82, 2.24) is 0 Å². The maximum absolute atomic E-state index is 15.0. The molecule has 0 atom stereocenters. The van der Waals surface area contributed by atoms with Crippen molar-refractivity contribution in [1.29, 1.82) is 5.26 Å². The molecule has 0 unspecified atom stereocenters. The largest absolute Gasteiger partial charge is 1.00 e. The number of halogens is 9. The summed E-state index contributed by atoms with van der Waals surface area (Å²) in [6.07, 6.45) is 6.24. The van der Waals surface area contributed by atoms with E-state index in [2.05, 4.69) is 20.8 Å². The third-order valence-electron chi connectivity index (χ3n) is 22.4. The fourth-order valence-corrected chi connectivity index (χ4v) is 15.5. The van der Waals surface area contributed by atoms with Crippen molar-refractivity contribution < 1.29 is 144 Å². The third kappa shape index (κ3) is 26.4. The molecule has 0 amide bonds. The van der Waals surface area contributed by atoms with Crippen LogP contribution in [0.5, 0.6) is 23.0 Å². The fraction of sp³-hybridized carbons (Fsp3) is 0.196. The zero-order chi connectivity index (χ0) is 99.4. The molecular weight excluding hydrogens is 1890 g/mol. The molecule has 0 saturated carbocycles. The summed E-state index contributed by atoms with van der Waals surface area (Å²) in [6, 6.07) is 60.0. The van der Waals surface area contributed by atoms with Crippen molar-refractivity contribution >= 4 is 102 Å². The second-order valence-corrected chi connectivity index (χ2v) is 33.3. The van der Waals surface area contributed by atoms with Gasteiger partial charge in [0.05, 0.1) is 98.9 Å². The van der Waals surface area contributed by atoms with Crippen LogP contribution in [0, 0.1) is 64.4 Å². The monoisotopic (exact) mass is 1980 g/mol.